The van der Waals surface area contributed by atoms with Crippen LogP contribution in [0.1, 0.15) is 41.3 Å². The quantitative estimate of drug-likeness (QED) is 0.921. The zero-order chi connectivity index (χ0) is 13.9. The molecule has 1 fully saturated rings. The number of rotatable bonds is 4. The third-order valence-corrected chi connectivity index (χ3v) is 5.60. The number of anilines is 1. The Hall–Kier alpha value is -0.690. The predicted molar refractivity (Wildman–Crippen MR) is 92.5 cm³/mol. The molecular formula is C14H21ClN4S2. The van der Waals surface area contributed by atoms with E-state index in [9.17, 15) is 0 Å². The monoisotopic (exact) mass is 344 g/mol. The van der Waals surface area contributed by atoms with Gasteiger partial charge in [-0.25, -0.2) is 9.97 Å². The second-order valence-corrected chi connectivity index (χ2v) is 7.31. The minimum absolute atomic E-state index is 0. The summed E-state index contributed by atoms with van der Waals surface area (Å²) in [5, 5.41) is 4.19. The van der Waals surface area contributed by atoms with E-state index in [4.69, 9.17) is 10.7 Å². The molecule has 0 amide bonds. The van der Waals surface area contributed by atoms with E-state index in [0.717, 1.165) is 19.5 Å². The number of hydrogen-bond donors (Lipinski definition) is 1. The molecule has 2 aromatic heterocycles. The lowest BCUT2D eigenvalue weighted by Crippen LogP contribution is -2.33. The van der Waals surface area contributed by atoms with Crippen LogP contribution in [0.2, 0.25) is 0 Å². The lowest BCUT2D eigenvalue weighted by molar-refractivity contribution is 0.201. The average Bonchev–Trinajstić information content (AvgIpc) is 3.08. The largest absolute Gasteiger partial charge is 0.375 e. The van der Waals surface area contributed by atoms with Crippen LogP contribution in [-0.4, -0.2) is 28.0 Å². The summed E-state index contributed by atoms with van der Waals surface area (Å²) in [4.78, 5) is 12.7. The first-order chi connectivity index (χ1) is 9.74. The van der Waals surface area contributed by atoms with Crippen LogP contribution < -0.4 is 5.73 Å². The summed E-state index contributed by atoms with van der Waals surface area (Å²) in [6.07, 6.45) is 5.45. The Morgan fingerprint density at radius 3 is 3.00 bits per heavy atom. The zero-order valence-corrected chi connectivity index (χ0v) is 14.6. The fourth-order valence-electron chi connectivity index (χ4n) is 2.69. The van der Waals surface area contributed by atoms with Crippen molar-refractivity contribution in [3.8, 4) is 0 Å². The van der Waals surface area contributed by atoms with Crippen LogP contribution in [0.15, 0.2) is 11.6 Å². The van der Waals surface area contributed by atoms with Crippen LogP contribution in [0.5, 0.6) is 0 Å². The SMILES string of the molecule is CCc1csc(C2CCCN(Cc3cnc(N)s3)C2)n1.Cl. The number of nitrogens with zero attached hydrogens (tertiary/aromatic N) is 3. The molecule has 1 unspecified atom stereocenters. The molecule has 1 saturated heterocycles. The summed E-state index contributed by atoms with van der Waals surface area (Å²) in [6.45, 7) is 5.41. The van der Waals surface area contributed by atoms with E-state index in [1.807, 2.05) is 17.5 Å². The summed E-state index contributed by atoms with van der Waals surface area (Å²) in [7, 11) is 0. The van der Waals surface area contributed by atoms with E-state index in [-0.39, 0.29) is 12.4 Å². The Kier molecular flexibility index (Phi) is 5.98. The van der Waals surface area contributed by atoms with Crippen LogP contribution in [0, 0.1) is 0 Å². The van der Waals surface area contributed by atoms with Crippen molar-refractivity contribution < 1.29 is 0 Å². The standard InChI is InChI=1S/C14H20N4S2.ClH/c1-2-11-9-19-13(17-11)10-4-3-5-18(7-10)8-12-6-16-14(15)20-12;/h6,9-10H,2-5,7-8H2,1H3,(H2,15,16);1H. The number of thiazole rings is 2. The third kappa shape index (κ3) is 4.16. The highest BCUT2D eigenvalue weighted by molar-refractivity contribution is 7.15. The highest BCUT2D eigenvalue weighted by Gasteiger charge is 2.24. The normalized spacial score (nSPS) is 19.4. The maximum atomic E-state index is 5.70. The minimum atomic E-state index is 0. The van der Waals surface area contributed by atoms with Gasteiger partial charge in [0, 0.05) is 35.5 Å². The van der Waals surface area contributed by atoms with Gasteiger partial charge in [-0.05, 0) is 25.8 Å². The molecule has 1 aliphatic rings. The van der Waals surface area contributed by atoms with Crippen molar-refractivity contribution in [2.75, 3.05) is 18.8 Å². The number of hydrogen-bond acceptors (Lipinski definition) is 6. The maximum absolute atomic E-state index is 5.70. The molecule has 2 aromatic rings. The van der Waals surface area contributed by atoms with E-state index in [1.165, 1.54) is 35.0 Å². The van der Waals surface area contributed by atoms with Gasteiger partial charge in [0.05, 0.1) is 10.7 Å². The Balaban J connectivity index is 0.00000161. The molecule has 3 rings (SSSR count). The van der Waals surface area contributed by atoms with Gasteiger partial charge in [0.1, 0.15) is 0 Å². The van der Waals surface area contributed by atoms with Crippen LogP contribution in [-0.2, 0) is 13.0 Å². The van der Waals surface area contributed by atoms with Crippen molar-refractivity contribution >= 4 is 40.2 Å². The first kappa shape index (κ1) is 16.7. The van der Waals surface area contributed by atoms with Crippen molar-refractivity contribution in [3.63, 3.8) is 0 Å². The molecule has 1 atom stereocenters. The van der Waals surface area contributed by atoms with E-state index in [0.29, 0.717) is 11.0 Å². The van der Waals surface area contributed by atoms with Crippen molar-refractivity contribution in [2.45, 2.75) is 38.6 Å². The molecular weight excluding hydrogens is 324 g/mol. The number of nitrogens with two attached hydrogens (primary N) is 1. The van der Waals surface area contributed by atoms with Crippen molar-refractivity contribution in [1.29, 1.82) is 0 Å². The van der Waals surface area contributed by atoms with E-state index >= 15 is 0 Å². The molecule has 0 spiro atoms. The Bertz CT molecular complexity index is 569. The van der Waals surface area contributed by atoms with Crippen LogP contribution in [0.25, 0.3) is 0 Å². The van der Waals surface area contributed by atoms with Gasteiger partial charge in [-0.3, -0.25) is 4.90 Å². The Labute approximate surface area is 139 Å². The highest BCUT2D eigenvalue weighted by Crippen LogP contribution is 2.30. The molecule has 21 heavy (non-hydrogen) atoms. The smallest absolute Gasteiger partial charge is 0.180 e. The lowest BCUT2D eigenvalue weighted by Gasteiger charge is -2.31. The average molecular weight is 345 g/mol. The molecule has 0 aliphatic carbocycles. The predicted octanol–water partition coefficient (Wildman–Crippen LogP) is 3.55. The molecule has 0 radical (unpaired) electrons. The third-order valence-electron chi connectivity index (χ3n) is 3.74. The number of aromatic nitrogens is 2. The highest BCUT2D eigenvalue weighted by atomic mass is 35.5. The maximum Gasteiger partial charge on any atom is 0.180 e. The molecule has 0 bridgehead atoms. The van der Waals surface area contributed by atoms with Gasteiger partial charge in [-0.2, -0.15) is 0 Å². The van der Waals surface area contributed by atoms with Gasteiger partial charge >= 0.3 is 0 Å². The van der Waals surface area contributed by atoms with Gasteiger partial charge in [-0.1, -0.05) is 6.92 Å². The molecule has 4 nitrogen and oxygen atoms in total. The molecule has 2 N–H and O–H groups in total. The van der Waals surface area contributed by atoms with Gasteiger partial charge in [0.15, 0.2) is 5.13 Å². The van der Waals surface area contributed by atoms with Crippen LogP contribution in [0.3, 0.4) is 0 Å². The number of likely N-dealkylation sites (tertiary alicyclic amines) is 1. The molecule has 1 aliphatic heterocycles. The van der Waals surface area contributed by atoms with Gasteiger partial charge < -0.3 is 5.73 Å². The van der Waals surface area contributed by atoms with Gasteiger partial charge in [0.25, 0.3) is 0 Å². The summed E-state index contributed by atoms with van der Waals surface area (Å²) in [6, 6.07) is 0. The van der Waals surface area contributed by atoms with Crippen molar-refractivity contribution in [2.24, 2.45) is 0 Å². The fraction of sp³-hybridized carbons (Fsp3) is 0.571. The first-order valence-corrected chi connectivity index (χ1v) is 8.81. The van der Waals surface area contributed by atoms with Gasteiger partial charge in [0.2, 0.25) is 0 Å². The Morgan fingerprint density at radius 2 is 2.33 bits per heavy atom. The summed E-state index contributed by atoms with van der Waals surface area (Å²) in [5.41, 5.74) is 6.93. The van der Waals surface area contributed by atoms with Crippen LogP contribution >= 0.6 is 35.1 Å². The topological polar surface area (TPSA) is 55.0 Å². The van der Waals surface area contributed by atoms with E-state index < -0.39 is 0 Å². The van der Waals surface area contributed by atoms with E-state index in [1.54, 1.807) is 11.3 Å². The van der Waals surface area contributed by atoms with Gasteiger partial charge in [-0.15, -0.1) is 35.1 Å². The summed E-state index contributed by atoms with van der Waals surface area (Å²) >= 11 is 3.42. The fourth-order valence-corrected chi connectivity index (χ4v) is 4.45. The molecule has 0 aromatic carbocycles. The summed E-state index contributed by atoms with van der Waals surface area (Å²) in [5.74, 6) is 0.597. The number of aryl methyl sites for hydroxylation is 1. The zero-order valence-electron chi connectivity index (χ0n) is 12.1. The summed E-state index contributed by atoms with van der Waals surface area (Å²) < 4.78 is 0. The second kappa shape index (κ2) is 7.54. The number of piperidine rings is 1. The number of halogens is 1. The van der Waals surface area contributed by atoms with Crippen molar-refractivity contribution in [3.05, 3.63) is 27.2 Å². The lowest BCUT2D eigenvalue weighted by atomic mass is 9.99. The van der Waals surface area contributed by atoms with Crippen LogP contribution in [0.4, 0.5) is 5.13 Å². The minimum Gasteiger partial charge on any atom is -0.375 e. The molecule has 3 heterocycles. The molecule has 0 saturated carbocycles. The Morgan fingerprint density at radius 1 is 1.48 bits per heavy atom. The molecule has 7 heteroatoms. The van der Waals surface area contributed by atoms with E-state index in [2.05, 4.69) is 22.2 Å². The molecule has 116 valence electrons. The van der Waals surface area contributed by atoms with Crippen molar-refractivity contribution in [1.82, 2.24) is 14.9 Å². The second-order valence-electron chi connectivity index (χ2n) is 5.27. The first-order valence-electron chi connectivity index (χ1n) is 7.11. The number of nitrogen functional groups attached to an aromatic ring is 1.